The normalized spacial score (nSPS) is 42.3. The molecule has 1 fully saturated rings. The number of Topliss-reactive ketones (excluding diaryl/α,β-unsaturated/α-hetero) is 1. The van der Waals surface area contributed by atoms with E-state index >= 15 is 0 Å². The lowest BCUT2D eigenvalue weighted by atomic mass is 9.48. The first-order valence-corrected chi connectivity index (χ1v) is 8.57. The van der Waals surface area contributed by atoms with E-state index in [0.717, 1.165) is 12.8 Å². The number of rotatable bonds is 1. The van der Waals surface area contributed by atoms with Crippen molar-refractivity contribution in [3.63, 3.8) is 0 Å². The summed E-state index contributed by atoms with van der Waals surface area (Å²) in [4.78, 5) is 12.4. The highest BCUT2D eigenvalue weighted by atomic mass is 16.1. The van der Waals surface area contributed by atoms with E-state index in [4.69, 9.17) is 0 Å². The molecule has 0 aliphatic heterocycles. The maximum atomic E-state index is 12.4. The van der Waals surface area contributed by atoms with Crippen molar-refractivity contribution in [1.29, 1.82) is 0 Å². The van der Waals surface area contributed by atoms with Crippen LogP contribution in [0.1, 0.15) is 72.6 Å². The van der Waals surface area contributed by atoms with Gasteiger partial charge in [-0.2, -0.15) is 0 Å². The standard InChI is InChI=1S/C20H30O/c1-6-19(4)10-9-16-14(11-19)7-8-17-18(2,3)12-15(21)13-20(16,17)5/h6,17H,1,7-13H2,2-5H3. The molecule has 3 aliphatic rings. The van der Waals surface area contributed by atoms with Crippen molar-refractivity contribution in [2.45, 2.75) is 72.6 Å². The number of hydrogen-bond donors (Lipinski definition) is 0. The van der Waals surface area contributed by atoms with Gasteiger partial charge in [0.1, 0.15) is 5.78 Å². The van der Waals surface area contributed by atoms with Gasteiger partial charge in [-0.05, 0) is 54.3 Å². The number of fused-ring (bicyclic) bond motifs is 2. The summed E-state index contributed by atoms with van der Waals surface area (Å²) in [7, 11) is 0. The highest BCUT2D eigenvalue weighted by Crippen LogP contribution is 2.62. The van der Waals surface area contributed by atoms with Crippen LogP contribution in [0.4, 0.5) is 0 Å². The van der Waals surface area contributed by atoms with Gasteiger partial charge >= 0.3 is 0 Å². The van der Waals surface area contributed by atoms with Crippen LogP contribution in [0.5, 0.6) is 0 Å². The van der Waals surface area contributed by atoms with E-state index in [9.17, 15) is 4.79 Å². The van der Waals surface area contributed by atoms with Gasteiger partial charge < -0.3 is 0 Å². The van der Waals surface area contributed by atoms with Crippen LogP contribution in [0.2, 0.25) is 0 Å². The molecular formula is C20H30O. The maximum absolute atomic E-state index is 12.4. The Bertz CT molecular complexity index is 524. The predicted molar refractivity (Wildman–Crippen MR) is 88.0 cm³/mol. The lowest BCUT2D eigenvalue weighted by Crippen LogP contribution is -2.49. The first kappa shape index (κ1) is 15.1. The van der Waals surface area contributed by atoms with E-state index in [1.165, 1.54) is 32.1 Å². The Balaban J connectivity index is 2.02. The summed E-state index contributed by atoms with van der Waals surface area (Å²) in [5, 5.41) is 0. The Morgan fingerprint density at radius 2 is 1.81 bits per heavy atom. The van der Waals surface area contributed by atoms with E-state index in [2.05, 4.69) is 40.3 Å². The van der Waals surface area contributed by atoms with Gasteiger partial charge in [-0.25, -0.2) is 0 Å². The SMILES string of the molecule is C=CC1(C)CCC2=C(CCC3C(C)(C)CC(=O)CC23C)C1. The number of carbonyl (C=O) groups excluding carboxylic acids is 1. The Kier molecular flexibility index (Phi) is 3.28. The van der Waals surface area contributed by atoms with Crippen molar-refractivity contribution in [2.24, 2.45) is 22.2 Å². The zero-order valence-electron chi connectivity index (χ0n) is 14.2. The molecule has 0 aromatic heterocycles. The van der Waals surface area contributed by atoms with Gasteiger partial charge in [0.15, 0.2) is 0 Å². The summed E-state index contributed by atoms with van der Waals surface area (Å²) in [5.74, 6) is 1.15. The van der Waals surface area contributed by atoms with E-state index in [1.54, 1.807) is 11.1 Å². The fourth-order valence-corrected chi connectivity index (χ4v) is 5.81. The Morgan fingerprint density at radius 3 is 2.48 bits per heavy atom. The van der Waals surface area contributed by atoms with Gasteiger partial charge in [-0.3, -0.25) is 4.79 Å². The number of hydrogen-bond acceptors (Lipinski definition) is 1. The van der Waals surface area contributed by atoms with E-state index in [1.807, 2.05) is 0 Å². The van der Waals surface area contributed by atoms with Crippen molar-refractivity contribution in [3.05, 3.63) is 23.8 Å². The molecule has 1 saturated carbocycles. The number of carbonyl (C=O) groups is 1. The summed E-state index contributed by atoms with van der Waals surface area (Å²) >= 11 is 0. The van der Waals surface area contributed by atoms with Crippen LogP contribution in [0.15, 0.2) is 23.8 Å². The Hall–Kier alpha value is -0.850. The first-order chi connectivity index (χ1) is 9.70. The van der Waals surface area contributed by atoms with Crippen LogP contribution in [-0.4, -0.2) is 5.78 Å². The van der Waals surface area contributed by atoms with Crippen LogP contribution < -0.4 is 0 Å². The highest BCUT2D eigenvalue weighted by Gasteiger charge is 2.54. The topological polar surface area (TPSA) is 17.1 Å². The minimum Gasteiger partial charge on any atom is -0.300 e. The largest absolute Gasteiger partial charge is 0.300 e. The lowest BCUT2D eigenvalue weighted by molar-refractivity contribution is -0.131. The summed E-state index contributed by atoms with van der Waals surface area (Å²) in [5.41, 5.74) is 3.89. The minimum atomic E-state index is 0.134. The van der Waals surface area contributed by atoms with Gasteiger partial charge in [-0.1, -0.05) is 44.9 Å². The zero-order chi connectivity index (χ0) is 15.5. The van der Waals surface area contributed by atoms with Crippen molar-refractivity contribution in [1.82, 2.24) is 0 Å². The molecule has 0 saturated heterocycles. The predicted octanol–water partition coefficient (Wildman–Crippen LogP) is 5.46. The van der Waals surface area contributed by atoms with Crippen molar-refractivity contribution in [2.75, 3.05) is 0 Å². The molecule has 1 nitrogen and oxygen atoms in total. The number of allylic oxidation sites excluding steroid dienone is 3. The average Bonchev–Trinajstić information content (AvgIpc) is 2.36. The van der Waals surface area contributed by atoms with Crippen LogP contribution in [0, 0.1) is 22.2 Å². The maximum Gasteiger partial charge on any atom is 0.134 e. The Morgan fingerprint density at radius 1 is 1.10 bits per heavy atom. The van der Waals surface area contributed by atoms with E-state index in [-0.39, 0.29) is 16.2 Å². The molecule has 0 N–H and O–H groups in total. The van der Waals surface area contributed by atoms with Crippen LogP contribution in [0.25, 0.3) is 0 Å². The highest BCUT2D eigenvalue weighted by molar-refractivity contribution is 5.81. The van der Waals surface area contributed by atoms with Crippen LogP contribution in [-0.2, 0) is 4.79 Å². The molecule has 21 heavy (non-hydrogen) atoms. The zero-order valence-corrected chi connectivity index (χ0v) is 14.2. The summed E-state index contributed by atoms with van der Waals surface area (Å²) in [6.07, 6.45) is 9.77. The summed E-state index contributed by atoms with van der Waals surface area (Å²) in [6, 6.07) is 0. The lowest BCUT2D eigenvalue weighted by Gasteiger charge is -2.56. The minimum absolute atomic E-state index is 0.134. The molecule has 3 aliphatic carbocycles. The smallest absolute Gasteiger partial charge is 0.134 e. The monoisotopic (exact) mass is 286 g/mol. The van der Waals surface area contributed by atoms with Crippen LogP contribution in [0.3, 0.4) is 0 Å². The molecule has 0 radical (unpaired) electrons. The first-order valence-electron chi connectivity index (χ1n) is 8.57. The van der Waals surface area contributed by atoms with Gasteiger partial charge in [0.2, 0.25) is 0 Å². The molecule has 0 spiro atoms. The molecule has 116 valence electrons. The van der Waals surface area contributed by atoms with E-state index in [0.29, 0.717) is 11.7 Å². The van der Waals surface area contributed by atoms with Crippen molar-refractivity contribution in [3.8, 4) is 0 Å². The Labute approximate surface area is 129 Å². The van der Waals surface area contributed by atoms with Gasteiger partial charge in [0.05, 0.1) is 0 Å². The number of ketones is 1. The molecule has 1 heteroatoms. The van der Waals surface area contributed by atoms with Crippen molar-refractivity contribution < 1.29 is 4.79 Å². The molecule has 0 heterocycles. The van der Waals surface area contributed by atoms with E-state index < -0.39 is 0 Å². The fraction of sp³-hybridized carbons (Fsp3) is 0.750. The second-order valence-corrected chi connectivity index (χ2v) is 9.01. The molecule has 3 rings (SSSR count). The molecule has 3 atom stereocenters. The third kappa shape index (κ3) is 2.24. The molecule has 0 aromatic rings. The summed E-state index contributed by atoms with van der Waals surface area (Å²) < 4.78 is 0. The van der Waals surface area contributed by atoms with Crippen molar-refractivity contribution >= 4 is 5.78 Å². The molecule has 0 amide bonds. The second-order valence-electron chi connectivity index (χ2n) is 9.01. The second kappa shape index (κ2) is 4.57. The molecule has 3 unspecified atom stereocenters. The third-order valence-electron chi connectivity index (χ3n) is 6.84. The third-order valence-corrected chi connectivity index (χ3v) is 6.84. The van der Waals surface area contributed by atoms with Gasteiger partial charge in [0.25, 0.3) is 0 Å². The quantitative estimate of drug-likeness (QED) is 0.585. The van der Waals surface area contributed by atoms with Gasteiger partial charge in [-0.15, -0.1) is 6.58 Å². The molecule has 0 aromatic carbocycles. The molecular weight excluding hydrogens is 256 g/mol. The average molecular weight is 286 g/mol. The summed E-state index contributed by atoms with van der Waals surface area (Å²) in [6.45, 7) is 13.4. The van der Waals surface area contributed by atoms with Crippen LogP contribution >= 0.6 is 0 Å². The van der Waals surface area contributed by atoms with Gasteiger partial charge in [0, 0.05) is 12.8 Å². The fourth-order valence-electron chi connectivity index (χ4n) is 5.81. The molecule has 0 bridgehead atoms.